The molecule has 0 saturated heterocycles. The van der Waals surface area contributed by atoms with E-state index in [2.05, 4.69) is 160 Å². The van der Waals surface area contributed by atoms with Gasteiger partial charge in [0.1, 0.15) is 6.61 Å². The predicted molar refractivity (Wildman–Crippen MR) is 357 cm³/mol. The van der Waals surface area contributed by atoms with Gasteiger partial charge in [-0.2, -0.15) is 0 Å². The molecule has 0 saturated carbocycles. The van der Waals surface area contributed by atoms with E-state index in [9.17, 15) is 19.0 Å². The van der Waals surface area contributed by atoms with Gasteiger partial charge in [0, 0.05) is 19.4 Å². The fourth-order valence-corrected chi connectivity index (χ4v) is 9.64. The lowest BCUT2D eigenvalue weighted by Crippen LogP contribution is -2.29. The molecular formula is C73H122NO8P. The summed E-state index contributed by atoms with van der Waals surface area (Å²) in [5.74, 6) is -0.835. The first-order chi connectivity index (χ1) is 40.8. The number of carbonyl (C=O) groups is 2. The van der Waals surface area contributed by atoms with Gasteiger partial charge in [-0.25, -0.2) is 4.57 Å². The number of phosphoric acid groups is 1. The summed E-state index contributed by atoms with van der Waals surface area (Å²) in [7, 11) is -4.40. The van der Waals surface area contributed by atoms with Crippen LogP contribution in [-0.2, 0) is 32.7 Å². The number of rotatable bonds is 61. The van der Waals surface area contributed by atoms with E-state index in [-0.39, 0.29) is 38.6 Å². The van der Waals surface area contributed by atoms with Crippen molar-refractivity contribution in [1.82, 2.24) is 0 Å². The number of phosphoric ester groups is 1. The second-order valence-corrected chi connectivity index (χ2v) is 23.0. The molecule has 0 bridgehead atoms. The molecule has 0 aromatic heterocycles. The third kappa shape index (κ3) is 66.9. The quantitative estimate of drug-likeness (QED) is 0.0264. The van der Waals surface area contributed by atoms with Crippen LogP contribution in [0.15, 0.2) is 146 Å². The van der Waals surface area contributed by atoms with Gasteiger partial charge in [-0.05, 0) is 116 Å². The van der Waals surface area contributed by atoms with Gasteiger partial charge in [0.2, 0.25) is 0 Å². The van der Waals surface area contributed by atoms with Gasteiger partial charge in [-0.3, -0.25) is 18.6 Å². The van der Waals surface area contributed by atoms with Crippen LogP contribution in [-0.4, -0.2) is 49.3 Å². The summed E-state index contributed by atoms with van der Waals surface area (Å²) < 4.78 is 33.1. The van der Waals surface area contributed by atoms with E-state index in [1.807, 2.05) is 0 Å². The highest BCUT2D eigenvalue weighted by Crippen LogP contribution is 2.43. The van der Waals surface area contributed by atoms with Crippen molar-refractivity contribution >= 4 is 19.8 Å². The molecule has 0 heterocycles. The van der Waals surface area contributed by atoms with E-state index >= 15 is 0 Å². The Hall–Kier alpha value is -4.11. The Labute approximate surface area is 509 Å². The molecule has 9 nitrogen and oxygen atoms in total. The second-order valence-electron chi connectivity index (χ2n) is 21.6. The van der Waals surface area contributed by atoms with Crippen LogP contribution in [0.1, 0.15) is 271 Å². The largest absolute Gasteiger partial charge is 0.472 e. The summed E-state index contributed by atoms with van der Waals surface area (Å²) in [6, 6.07) is 0. The van der Waals surface area contributed by atoms with Crippen molar-refractivity contribution in [2.75, 3.05) is 26.4 Å². The number of allylic oxidation sites excluding steroid dienone is 24. The average molecular weight is 1170 g/mol. The number of hydrogen-bond acceptors (Lipinski definition) is 8. The number of unbranched alkanes of at least 4 members (excludes halogenated alkanes) is 24. The summed E-state index contributed by atoms with van der Waals surface area (Å²) in [4.78, 5) is 35.3. The van der Waals surface area contributed by atoms with E-state index in [0.29, 0.717) is 6.42 Å². The first-order valence-electron chi connectivity index (χ1n) is 33.3. The molecule has 3 N–H and O–H groups in total. The molecule has 0 amide bonds. The van der Waals surface area contributed by atoms with Gasteiger partial charge in [0.15, 0.2) is 6.10 Å². The molecule has 0 fully saturated rings. The monoisotopic (exact) mass is 1170 g/mol. The van der Waals surface area contributed by atoms with E-state index in [4.69, 9.17) is 24.3 Å². The molecular weight excluding hydrogens is 1050 g/mol. The zero-order chi connectivity index (χ0) is 60.1. The van der Waals surface area contributed by atoms with Crippen molar-refractivity contribution in [3.05, 3.63) is 146 Å². The molecule has 0 aliphatic carbocycles. The number of esters is 2. The third-order valence-corrected chi connectivity index (χ3v) is 14.7. The molecule has 83 heavy (non-hydrogen) atoms. The summed E-state index contributed by atoms with van der Waals surface area (Å²) in [6.07, 6.45) is 96.3. The lowest BCUT2D eigenvalue weighted by molar-refractivity contribution is -0.161. The molecule has 0 aromatic carbocycles. The normalized spacial score (nSPS) is 13.9. The Morgan fingerprint density at radius 3 is 0.928 bits per heavy atom. The molecule has 0 radical (unpaired) electrons. The van der Waals surface area contributed by atoms with Crippen molar-refractivity contribution < 1.29 is 37.6 Å². The summed E-state index contributed by atoms with van der Waals surface area (Å²) in [5, 5.41) is 0. The standard InChI is InChI=1S/C73H122NO8P/c1-3-5-7-9-11-13-15-17-19-21-23-25-27-29-30-31-32-33-34-35-36-37-38-39-40-42-44-46-48-50-52-54-56-58-60-62-64-66-73(76)82-71(70-81-83(77,78)80-68-67-74)69-79-72(75)65-63-61-59-57-55-53-51-49-47-45-43-41-28-26-24-22-20-18-16-14-12-10-8-6-4-2/h5-8,11-14,17-20,23-26,29-30,32-33,35-36,38-39,71H,3-4,9-10,15-16,21-22,27-28,31,34,37,40-70,74H2,1-2H3,(H,77,78)/b7-5-,8-6-,13-11-,14-12-,19-17-,20-18-,25-23-,26-24-,30-29-,33-32-,36-35-,39-38-. The highest BCUT2D eigenvalue weighted by Gasteiger charge is 2.26. The van der Waals surface area contributed by atoms with Crippen LogP contribution in [0.2, 0.25) is 0 Å². The maximum Gasteiger partial charge on any atom is 0.472 e. The molecule has 2 unspecified atom stereocenters. The third-order valence-electron chi connectivity index (χ3n) is 13.7. The minimum Gasteiger partial charge on any atom is -0.462 e. The molecule has 10 heteroatoms. The zero-order valence-electron chi connectivity index (χ0n) is 52.9. The van der Waals surface area contributed by atoms with Gasteiger partial charge in [0.05, 0.1) is 13.2 Å². The SMILES string of the molecule is CC/C=C\C/C=C\C/C=C\C/C=C\C/C=C\C/C=C\C/C=C\C/C=C\CCCCCCCCCCCCCCC(=O)OC(COC(=O)CCCCCCCCCCCCCC/C=C\C/C=C\C/C=C\C/C=C\CC)COP(=O)(O)OCCN. The summed E-state index contributed by atoms with van der Waals surface area (Å²) in [6.45, 7) is 3.52. The Balaban J connectivity index is 3.95. The summed E-state index contributed by atoms with van der Waals surface area (Å²) in [5.41, 5.74) is 5.40. The molecule has 0 spiro atoms. The maximum absolute atomic E-state index is 12.8. The zero-order valence-corrected chi connectivity index (χ0v) is 53.8. The maximum atomic E-state index is 12.8. The molecule has 0 rings (SSSR count). The second kappa shape index (κ2) is 67.0. The number of nitrogens with two attached hydrogens (primary N) is 1. The Bertz CT molecular complexity index is 1870. The van der Waals surface area contributed by atoms with Gasteiger partial charge in [0.25, 0.3) is 0 Å². The van der Waals surface area contributed by atoms with Crippen LogP contribution in [0, 0.1) is 0 Å². The lowest BCUT2D eigenvalue weighted by Gasteiger charge is -2.19. The van der Waals surface area contributed by atoms with E-state index in [1.165, 1.54) is 116 Å². The van der Waals surface area contributed by atoms with Gasteiger partial charge >= 0.3 is 19.8 Å². The van der Waals surface area contributed by atoms with Gasteiger partial charge in [-0.15, -0.1) is 0 Å². The van der Waals surface area contributed by atoms with Crippen molar-refractivity contribution in [1.29, 1.82) is 0 Å². The highest BCUT2D eigenvalue weighted by atomic mass is 31.2. The minimum absolute atomic E-state index is 0.0469. The average Bonchev–Trinajstić information content (AvgIpc) is 3.49. The Kier molecular flexibility index (Phi) is 63.7. The molecule has 2 atom stereocenters. The fraction of sp³-hybridized carbons (Fsp3) is 0.644. The smallest absolute Gasteiger partial charge is 0.462 e. The number of ether oxygens (including phenoxy) is 2. The van der Waals surface area contributed by atoms with Crippen LogP contribution in [0.4, 0.5) is 0 Å². The van der Waals surface area contributed by atoms with Crippen molar-refractivity contribution in [2.24, 2.45) is 5.73 Å². The Morgan fingerprint density at radius 1 is 0.361 bits per heavy atom. The van der Waals surface area contributed by atoms with Crippen molar-refractivity contribution in [3.63, 3.8) is 0 Å². The number of hydrogen-bond donors (Lipinski definition) is 2. The van der Waals surface area contributed by atoms with E-state index < -0.39 is 26.5 Å². The lowest BCUT2D eigenvalue weighted by atomic mass is 10.0. The van der Waals surface area contributed by atoms with Gasteiger partial charge < -0.3 is 20.1 Å². The van der Waals surface area contributed by atoms with Crippen molar-refractivity contribution in [2.45, 2.75) is 277 Å². The van der Waals surface area contributed by atoms with Crippen LogP contribution in [0.3, 0.4) is 0 Å². The fourth-order valence-electron chi connectivity index (χ4n) is 8.88. The first-order valence-corrected chi connectivity index (χ1v) is 34.8. The van der Waals surface area contributed by atoms with Crippen molar-refractivity contribution in [3.8, 4) is 0 Å². The summed E-state index contributed by atoms with van der Waals surface area (Å²) >= 11 is 0. The first kappa shape index (κ1) is 78.9. The van der Waals surface area contributed by atoms with Crippen LogP contribution in [0.5, 0.6) is 0 Å². The van der Waals surface area contributed by atoms with Crippen LogP contribution in [0.25, 0.3) is 0 Å². The Morgan fingerprint density at radius 2 is 0.627 bits per heavy atom. The number of carbonyl (C=O) groups excluding carboxylic acids is 2. The van der Waals surface area contributed by atoms with Gasteiger partial charge in [-0.1, -0.05) is 288 Å². The van der Waals surface area contributed by atoms with Crippen LogP contribution >= 0.6 is 7.82 Å². The van der Waals surface area contributed by atoms with E-state index in [0.717, 1.165) is 122 Å². The van der Waals surface area contributed by atoms with Crippen LogP contribution < -0.4 is 5.73 Å². The minimum atomic E-state index is -4.40. The van der Waals surface area contributed by atoms with E-state index in [1.54, 1.807) is 0 Å². The molecule has 472 valence electrons. The highest BCUT2D eigenvalue weighted by molar-refractivity contribution is 7.47. The topological polar surface area (TPSA) is 134 Å². The molecule has 0 aliphatic heterocycles. The molecule has 0 aliphatic rings. The molecule has 0 aromatic rings. The predicted octanol–water partition coefficient (Wildman–Crippen LogP) is 21.9.